The van der Waals surface area contributed by atoms with Crippen LogP contribution in [0.2, 0.25) is 0 Å². The Balaban J connectivity index is 1.91. The topological polar surface area (TPSA) is 57.6 Å². The molecule has 96 valence electrons. The predicted molar refractivity (Wildman–Crippen MR) is 67.0 cm³/mol. The van der Waals surface area contributed by atoms with Crippen LogP contribution in [-0.2, 0) is 9.59 Å². The van der Waals surface area contributed by atoms with E-state index in [-0.39, 0.29) is 17.1 Å². The fourth-order valence-electron chi connectivity index (χ4n) is 2.52. The van der Waals surface area contributed by atoms with Crippen molar-refractivity contribution < 1.29 is 14.7 Å². The van der Waals surface area contributed by atoms with E-state index in [1.165, 1.54) is 6.42 Å². The molecule has 2 rings (SSSR count). The van der Waals surface area contributed by atoms with Crippen LogP contribution in [-0.4, -0.2) is 46.0 Å². The summed E-state index contributed by atoms with van der Waals surface area (Å²) in [6, 6.07) is 0. The molecule has 2 fully saturated rings. The maximum absolute atomic E-state index is 12.2. The number of carboxylic acids is 1. The van der Waals surface area contributed by atoms with Crippen molar-refractivity contribution in [3.8, 4) is 0 Å². The molecule has 0 aromatic heterocycles. The normalized spacial score (nSPS) is 30.0. The lowest BCUT2D eigenvalue weighted by molar-refractivity contribution is -0.145. The summed E-state index contributed by atoms with van der Waals surface area (Å²) in [5.41, 5.74) is 0. The molecule has 5 heteroatoms. The summed E-state index contributed by atoms with van der Waals surface area (Å²) in [7, 11) is 0. The molecule has 2 saturated heterocycles. The van der Waals surface area contributed by atoms with Crippen molar-refractivity contribution in [2.75, 3.05) is 18.8 Å². The van der Waals surface area contributed by atoms with E-state index in [0.717, 1.165) is 31.6 Å². The molecule has 0 aromatic rings. The van der Waals surface area contributed by atoms with Crippen LogP contribution < -0.4 is 0 Å². The number of thioether (sulfide) groups is 1. The maximum atomic E-state index is 12.2. The first-order valence-electron chi connectivity index (χ1n) is 6.31. The second-order valence-corrected chi connectivity index (χ2v) is 6.13. The van der Waals surface area contributed by atoms with Crippen LogP contribution in [0.5, 0.6) is 0 Å². The second-order valence-electron chi connectivity index (χ2n) is 4.82. The van der Waals surface area contributed by atoms with Gasteiger partial charge >= 0.3 is 5.97 Å². The zero-order chi connectivity index (χ0) is 12.3. The minimum Gasteiger partial charge on any atom is -0.481 e. The Morgan fingerprint density at radius 2 is 2.00 bits per heavy atom. The summed E-state index contributed by atoms with van der Waals surface area (Å²) < 4.78 is 0. The van der Waals surface area contributed by atoms with E-state index in [2.05, 4.69) is 0 Å². The molecule has 2 aliphatic rings. The van der Waals surface area contributed by atoms with Gasteiger partial charge in [0.1, 0.15) is 0 Å². The van der Waals surface area contributed by atoms with Gasteiger partial charge in [-0.1, -0.05) is 6.42 Å². The number of rotatable bonds is 2. The Bertz CT molecular complexity index is 302. The van der Waals surface area contributed by atoms with E-state index in [1.54, 1.807) is 16.7 Å². The third-order valence-corrected chi connectivity index (χ3v) is 4.90. The average Bonchev–Trinajstić information content (AvgIpc) is 2.39. The van der Waals surface area contributed by atoms with Gasteiger partial charge in [0, 0.05) is 13.1 Å². The van der Waals surface area contributed by atoms with Crippen LogP contribution in [0.3, 0.4) is 0 Å². The van der Waals surface area contributed by atoms with Gasteiger partial charge in [-0.15, -0.1) is 11.8 Å². The van der Waals surface area contributed by atoms with Gasteiger partial charge in [-0.2, -0.15) is 0 Å². The molecule has 0 radical (unpaired) electrons. The van der Waals surface area contributed by atoms with Crippen LogP contribution in [0.1, 0.15) is 32.1 Å². The second kappa shape index (κ2) is 5.76. The largest absolute Gasteiger partial charge is 0.481 e. The van der Waals surface area contributed by atoms with Crippen molar-refractivity contribution in [1.29, 1.82) is 0 Å². The van der Waals surface area contributed by atoms with Crippen LogP contribution in [0.15, 0.2) is 0 Å². The smallest absolute Gasteiger partial charge is 0.308 e. The number of hydrogen-bond acceptors (Lipinski definition) is 3. The molecular formula is C12H19NO3S. The zero-order valence-corrected chi connectivity index (χ0v) is 10.7. The molecule has 2 heterocycles. The fraction of sp³-hybridized carbons (Fsp3) is 0.833. The Labute approximate surface area is 106 Å². The first-order valence-corrected chi connectivity index (χ1v) is 7.36. The average molecular weight is 257 g/mol. The number of hydrogen-bond donors (Lipinski definition) is 1. The summed E-state index contributed by atoms with van der Waals surface area (Å²) in [5, 5.41) is 9.08. The highest BCUT2D eigenvalue weighted by atomic mass is 32.2. The molecule has 0 bridgehead atoms. The number of aliphatic carboxylic acids is 1. The van der Waals surface area contributed by atoms with Crippen molar-refractivity contribution in [2.24, 2.45) is 5.92 Å². The molecule has 2 aliphatic heterocycles. The Kier molecular flexibility index (Phi) is 4.31. The molecular weight excluding hydrogens is 238 g/mol. The quantitative estimate of drug-likeness (QED) is 0.816. The fourth-order valence-corrected chi connectivity index (χ4v) is 3.80. The summed E-state index contributed by atoms with van der Waals surface area (Å²) in [6.07, 6.45) is 4.81. The van der Waals surface area contributed by atoms with Gasteiger partial charge in [-0.3, -0.25) is 9.59 Å². The van der Waals surface area contributed by atoms with E-state index in [4.69, 9.17) is 5.11 Å². The molecule has 0 aromatic carbocycles. The SMILES string of the molecule is O=C(O)[C@@H]1CCCN(C(=O)C2CCCCS2)C1. The molecule has 1 unspecified atom stereocenters. The van der Waals surface area contributed by atoms with E-state index in [9.17, 15) is 9.59 Å². The predicted octanol–water partition coefficient (Wildman–Crippen LogP) is 1.60. The third-order valence-electron chi connectivity index (χ3n) is 3.54. The summed E-state index contributed by atoms with van der Waals surface area (Å²) in [6.45, 7) is 1.14. The van der Waals surface area contributed by atoms with Crippen molar-refractivity contribution in [2.45, 2.75) is 37.4 Å². The Morgan fingerprint density at radius 1 is 1.18 bits per heavy atom. The lowest BCUT2D eigenvalue weighted by Crippen LogP contribution is -2.46. The molecule has 0 saturated carbocycles. The van der Waals surface area contributed by atoms with E-state index < -0.39 is 5.97 Å². The zero-order valence-electron chi connectivity index (χ0n) is 9.93. The van der Waals surface area contributed by atoms with Gasteiger partial charge in [-0.05, 0) is 31.4 Å². The molecule has 0 spiro atoms. The van der Waals surface area contributed by atoms with Crippen molar-refractivity contribution in [1.82, 2.24) is 4.90 Å². The van der Waals surface area contributed by atoms with Crippen molar-refractivity contribution in [3.05, 3.63) is 0 Å². The number of carboxylic acid groups (broad SMARTS) is 1. The van der Waals surface area contributed by atoms with E-state index in [1.807, 2.05) is 0 Å². The minimum absolute atomic E-state index is 0.0799. The number of amides is 1. The van der Waals surface area contributed by atoms with Gasteiger partial charge < -0.3 is 10.0 Å². The lowest BCUT2D eigenvalue weighted by atomic mass is 9.98. The summed E-state index contributed by atoms with van der Waals surface area (Å²) in [4.78, 5) is 25.0. The summed E-state index contributed by atoms with van der Waals surface area (Å²) in [5.74, 6) is 0.104. The number of piperidine rings is 1. The highest BCUT2D eigenvalue weighted by Crippen LogP contribution is 2.28. The van der Waals surface area contributed by atoms with Gasteiger partial charge in [0.2, 0.25) is 5.91 Å². The maximum Gasteiger partial charge on any atom is 0.308 e. The van der Waals surface area contributed by atoms with Gasteiger partial charge in [0.05, 0.1) is 11.2 Å². The molecule has 4 nitrogen and oxygen atoms in total. The van der Waals surface area contributed by atoms with Crippen molar-refractivity contribution in [3.63, 3.8) is 0 Å². The Hall–Kier alpha value is -0.710. The van der Waals surface area contributed by atoms with E-state index >= 15 is 0 Å². The molecule has 0 aliphatic carbocycles. The number of carbonyl (C=O) groups is 2. The minimum atomic E-state index is -0.765. The van der Waals surface area contributed by atoms with Crippen LogP contribution in [0, 0.1) is 5.92 Å². The number of nitrogens with zero attached hydrogens (tertiary/aromatic N) is 1. The molecule has 17 heavy (non-hydrogen) atoms. The highest BCUT2D eigenvalue weighted by Gasteiger charge is 2.32. The lowest BCUT2D eigenvalue weighted by Gasteiger charge is -2.34. The first kappa shape index (κ1) is 12.7. The van der Waals surface area contributed by atoms with Crippen molar-refractivity contribution >= 4 is 23.6 Å². The molecule has 1 amide bonds. The van der Waals surface area contributed by atoms with Gasteiger partial charge in [-0.25, -0.2) is 0 Å². The molecule has 2 atom stereocenters. The van der Waals surface area contributed by atoms with Crippen LogP contribution >= 0.6 is 11.8 Å². The number of carbonyl (C=O) groups excluding carboxylic acids is 1. The van der Waals surface area contributed by atoms with Crippen LogP contribution in [0.4, 0.5) is 0 Å². The van der Waals surface area contributed by atoms with Crippen LogP contribution in [0.25, 0.3) is 0 Å². The Morgan fingerprint density at radius 3 is 2.65 bits per heavy atom. The van der Waals surface area contributed by atoms with E-state index in [0.29, 0.717) is 13.0 Å². The van der Waals surface area contributed by atoms with Gasteiger partial charge in [0.25, 0.3) is 0 Å². The van der Waals surface area contributed by atoms with Gasteiger partial charge in [0.15, 0.2) is 0 Å². The molecule has 1 N–H and O–H groups in total. The first-order chi connectivity index (χ1) is 8.18. The standard InChI is InChI=1S/C12H19NO3S/c14-11(10-5-1-2-7-17-10)13-6-3-4-9(8-13)12(15)16/h9-10H,1-8H2,(H,15,16)/t9-,10?/m1/s1. The highest BCUT2D eigenvalue weighted by molar-refractivity contribution is 8.00. The number of likely N-dealkylation sites (tertiary alicyclic amines) is 1. The third kappa shape index (κ3) is 3.15. The monoisotopic (exact) mass is 257 g/mol. The summed E-state index contributed by atoms with van der Waals surface area (Å²) >= 11 is 1.74.